The van der Waals surface area contributed by atoms with Crippen LogP contribution in [0.1, 0.15) is 25.1 Å². The number of nitrogens with zero attached hydrogens (tertiary/aromatic N) is 3. The van der Waals surface area contributed by atoms with E-state index in [4.69, 9.17) is 9.47 Å². The minimum atomic E-state index is -0.254. The Balaban J connectivity index is 0.00000100. The third kappa shape index (κ3) is 3.69. The first-order valence-electron chi connectivity index (χ1n) is 8.20. The van der Waals surface area contributed by atoms with Crippen LogP contribution in [0.4, 0.5) is 5.69 Å². The summed E-state index contributed by atoms with van der Waals surface area (Å²) in [5.41, 5.74) is 3.99. The van der Waals surface area contributed by atoms with Crippen LogP contribution in [-0.2, 0) is 9.53 Å². The number of esters is 1. The Kier molecular flexibility index (Phi) is 5.84. The normalized spacial score (nSPS) is 12.6. The van der Waals surface area contributed by atoms with Crippen molar-refractivity contribution >= 4 is 11.7 Å². The van der Waals surface area contributed by atoms with E-state index in [-0.39, 0.29) is 12.5 Å². The molecule has 130 valence electrons. The lowest BCUT2D eigenvalue weighted by atomic mass is 10.2. The molecule has 0 N–H and O–H groups in total. The second-order valence-corrected chi connectivity index (χ2v) is 5.34. The second kappa shape index (κ2) is 7.86. The monoisotopic (exact) mass is 331 g/mol. The third-order valence-electron chi connectivity index (χ3n) is 3.86. The van der Waals surface area contributed by atoms with Crippen molar-refractivity contribution in [3.05, 3.63) is 35.7 Å². The average Bonchev–Trinajstić information content (AvgIpc) is 2.95. The van der Waals surface area contributed by atoms with Crippen LogP contribution in [0.5, 0.6) is 5.75 Å². The van der Waals surface area contributed by atoms with E-state index < -0.39 is 0 Å². The van der Waals surface area contributed by atoms with Crippen molar-refractivity contribution in [2.75, 3.05) is 31.7 Å². The molecule has 3 rings (SSSR count). The number of hydrogen-bond donors (Lipinski definition) is 0. The smallest absolute Gasteiger partial charge is 0.325 e. The molecule has 1 aliphatic rings. The highest BCUT2D eigenvalue weighted by Crippen LogP contribution is 2.33. The summed E-state index contributed by atoms with van der Waals surface area (Å²) >= 11 is 0. The zero-order chi connectivity index (χ0) is 17.7. The van der Waals surface area contributed by atoms with Gasteiger partial charge in [-0.3, -0.25) is 4.79 Å². The maximum absolute atomic E-state index is 11.5. The molecule has 2 heterocycles. The van der Waals surface area contributed by atoms with Crippen molar-refractivity contribution in [3.8, 4) is 11.4 Å². The minimum Gasteiger partial charge on any atom is -0.489 e. The molecule has 1 aliphatic heterocycles. The summed E-state index contributed by atoms with van der Waals surface area (Å²) in [6.07, 6.45) is 1.99. The molecule has 0 spiro atoms. The molecule has 1 aromatic heterocycles. The Labute approximate surface area is 143 Å². The van der Waals surface area contributed by atoms with Crippen molar-refractivity contribution in [2.24, 2.45) is 0 Å². The number of carbonyl (C=O) groups is 1. The first kappa shape index (κ1) is 17.8. The number of methoxy groups -OCH3 is 1. The standard InChI is InChI=1S/C16H19N3O3.C2H6/c1-11-9-19(17-12(11)2)13-4-5-14-15(8-13)22-7-6-18(14)10-16(20)21-3;1-2/h4-5,8-9H,6-7,10H2,1-3H3;1-2H3. The number of benzene rings is 1. The molecule has 0 unspecified atom stereocenters. The molecule has 0 bridgehead atoms. The summed E-state index contributed by atoms with van der Waals surface area (Å²) in [4.78, 5) is 13.5. The van der Waals surface area contributed by atoms with E-state index in [1.807, 2.05) is 61.7 Å². The lowest BCUT2D eigenvalue weighted by molar-refractivity contribution is -0.139. The Hall–Kier alpha value is -2.50. The van der Waals surface area contributed by atoms with Gasteiger partial charge in [-0.05, 0) is 31.5 Å². The molecule has 0 saturated heterocycles. The van der Waals surface area contributed by atoms with Crippen molar-refractivity contribution in [1.29, 1.82) is 0 Å². The number of carbonyl (C=O) groups excluding carboxylic acids is 1. The number of rotatable bonds is 3. The quantitative estimate of drug-likeness (QED) is 0.810. The van der Waals surface area contributed by atoms with Crippen molar-refractivity contribution < 1.29 is 14.3 Å². The zero-order valence-electron chi connectivity index (χ0n) is 15.0. The number of hydrogen-bond acceptors (Lipinski definition) is 5. The molecule has 0 amide bonds. The van der Waals surface area contributed by atoms with E-state index in [1.54, 1.807) is 0 Å². The van der Waals surface area contributed by atoms with Gasteiger partial charge in [0.05, 0.1) is 30.7 Å². The minimum absolute atomic E-state index is 0.228. The number of aryl methyl sites for hydroxylation is 2. The van der Waals surface area contributed by atoms with Crippen LogP contribution in [0.2, 0.25) is 0 Å². The molecule has 0 radical (unpaired) electrons. The molecule has 0 atom stereocenters. The van der Waals surface area contributed by atoms with Gasteiger partial charge in [0, 0.05) is 12.3 Å². The van der Waals surface area contributed by atoms with Crippen LogP contribution >= 0.6 is 0 Å². The van der Waals surface area contributed by atoms with Crippen LogP contribution < -0.4 is 9.64 Å². The van der Waals surface area contributed by atoms with Gasteiger partial charge in [-0.2, -0.15) is 5.10 Å². The van der Waals surface area contributed by atoms with Crippen LogP contribution in [0, 0.1) is 13.8 Å². The fourth-order valence-corrected chi connectivity index (χ4v) is 2.47. The van der Waals surface area contributed by atoms with E-state index in [1.165, 1.54) is 7.11 Å². The van der Waals surface area contributed by atoms with E-state index in [9.17, 15) is 4.79 Å². The number of anilines is 1. The number of aromatic nitrogens is 2. The Morgan fingerprint density at radius 1 is 1.33 bits per heavy atom. The van der Waals surface area contributed by atoms with Gasteiger partial charge in [-0.1, -0.05) is 13.8 Å². The molecule has 0 saturated carbocycles. The molecular weight excluding hydrogens is 306 g/mol. The Morgan fingerprint density at radius 3 is 2.71 bits per heavy atom. The van der Waals surface area contributed by atoms with Crippen molar-refractivity contribution in [1.82, 2.24) is 9.78 Å². The molecule has 6 heteroatoms. The molecular formula is C18H25N3O3. The lowest BCUT2D eigenvalue weighted by Crippen LogP contribution is -2.37. The van der Waals surface area contributed by atoms with Gasteiger partial charge >= 0.3 is 5.97 Å². The van der Waals surface area contributed by atoms with Gasteiger partial charge in [-0.25, -0.2) is 4.68 Å². The summed E-state index contributed by atoms with van der Waals surface area (Å²) in [5, 5.41) is 4.48. The molecule has 24 heavy (non-hydrogen) atoms. The zero-order valence-corrected chi connectivity index (χ0v) is 15.0. The molecule has 1 aromatic carbocycles. The summed E-state index contributed by atoms with van der Waals surface area (Å²) in [6, 6.07) is 5.88. The Bertz CT molecular complexity index is 690. The van der Waals surface area contributed by atoms with Gasteiger partial charge in [0.2, 0.25) is 0 Å². The number of fused-ring (bicyclic) bond motifs is 1. The largest absolute Gasteiger partial charge is 0.489 e. The highest BCUT2D eigenvalue weighted by atomic mass is 16.5. The fraction of sp³-hybridized carbons (Fsp3) is 0.444. The van der Waals surface area contributed by atoms with Gasteiger partial charge in [0.1, 0.15) is 18.9 Å². The summed E-state index contributed by atoms with van der Waals surface area (Å²) < 4.78 is 12.3. The SMILES string of the molecule is CC.COC(=O)CN1CCOc2cc(-n3cc(C)c(C)n3)ccc21. The third-order valence-corrected chi connectivity index (χ3v) is 3.86. The second-order valence-electron chi connectivity index (χ2n) is 5.34. The van der Waals surface area contributed by atoms with Gasteiger partial charge in [0.15, 0.2) is 0 Å². The van der Waals surface area contributed by atoms with Gasteiger partial charge < -0.3 is 14.4 Å². The fourth-order valence-electron chi connectivity index (χ4n) is 2.47. The Morgan fingerprint density at radius 2 is 2.08 bits per heavy atom. The molecule has 2 aromatic rings. The van der Waals surface area contributed by atoms with E-state index >= 15 is 0 Å². The average molecular weight is 331 g/mol. The molecule has 0 fully saturated rings. The predicted octanol–water partition coefficient (Wildman–Crippen LogP) is 2.89. The van der Waals surface area contributed by atoms with Crippen LogP contribution in [0.25, 0.3) is 5.69 Å². The van der Waals surface area contributed by atoms with Gasteiger partial charge in [-0.15, -0.1) is 0 Å². The van der Waals surface area contributed by atoms with Crippen molar-refractivity contribution in [3.63, 3.8) is 0 Å². The van der Waals surface area contributed by atoms with Crippen LogP contribution in [-0.4, -0.2) is 42.6 Å². The first-order chi connectivity index (χ1) is 11.6. The van der Waals surface area contributed by atoms with E-state index in [0.29, 0.717) is 13.2 Å². The topological polar surface area (TPSA) is 56.6 Å². The maximum atomic E-state index is 11.5. The summed E-state index contributed by atoms with van der Waals surface area (Å²) in [5.74, 6) is 0.508. The van der Waals surface area contributed by atoms with Crippen LogP contribution in [0.15, 0.2) is 24.4 Å². The molecule has 6 nitrogen and oxygen atoms in total. The van der Waals surface area contributed by atoms with Crippen LogP contribution in [0.3, 0.4) is 0 Å². The highest BCUT2D eigenvalue weighted by molar-refractivity contribution is 5.77. The van der Waals surface area contributed by atoms with Gasteiger partial charge in [0.25, 0.3) is 0 Å². The first-order valence-corrected chi connectivity index (χ1v) is 8.20. The predicted molar refractivity (Wildman–Crippen MR) is 94.1 cm³/mol. The summed E-state index contributed by atoms with van der Waals surface area (Å²) in [6.45, 7) is 9.46. The summed E-state index contributed by atoms with van der Waals surface area (Å²) in [7, 11) is 1.40. The lowest BCUT2D eigenvalue weighted by Gasteiger charge is -2.30. The maximum Gasteiger partial charge on any atom is 0.325 e. The highest BCUT2D eigenvalue weighted by Gasteiger charge is 2.21. The van der Waals surface area contributed by atoms with E-state index in [0.717, 1.165) is 28.4 Å². The van der Waals surface area contributed by atoms with Crippen molar-refractivity contribution in [2.45, 2.75) is 27.7 Å². The van der Waals surface area contributed by atoms with E-state index in [2.05, 4.69) is 5.10 Å². The molecule has 0 aliphatic carbocycles. The number of ether oxygens (including phenoxy) is 2.